The fraction of sp³-hybridized carbons (Fsp3) is 0.765. The summed E-state index contributed by atoms with van der Waals surface area (Å²) in [5, 5.41) is 17.7. The number of hydrogen-bond donors (Lipinski definition) is 1. The highest BCUT2D eigenvalue weighted by atomic mass is 16.3. The second-order valence-corrected chi connectivity index (χ2v) is 7.15. The quantitative estimate of drug-likeness (QED) is 0.852. The van der Waals surface area contributed by atoms with E-state index in [0.29, 0.717) is 37.8 Å². The summed E-state index contributed by atoms with van der Waals surface area (Å²) in [6.07, 6.45) is 4.00. The topological polar surface area (TPSA) is 91.6 Å². The summed E-state index contributed by atoms with van der Waals surface area (Å²) in [7, 11) is 0. The Morgan fingerprint density at radius 3 is 2.36 bits per heavy atom. The van der Waals surface area contributed by atoms with Crippen molar-refractivity contribution in [3.8, 4) is 0 Å². The number of rotatable bonds is 4. The van der Waals surface area contributed by atoms with E-state index >= 15 is 0 Å². The van der Waals surface area contributed by atoms with Gasteiger partial charge in [0.05, 0.1) is 5.69 Å². The van der Waals surface area contributed by atoms with Crippen LogP contribution in [0.5, 0.6) is 0 Å². The summed E-state index contributed by atoms with van der Waals surface area (Å²) >= 11 is 0. The average molecular weight is 349 g/mol. The van der Waals surface area contributed by atoms with Crippen molar-refractivity contribution in [3.63, 3.8) is 0 Å². The van der Waals surface area contributed by atoms with Crippen LogP contribution < -0.4 is 0 Å². The number of hydrogen-bond acceptors (Lipinski definition) is 5. The molecule has 1 saturated heterocycles. The van der Waals surface area contributed by atoms with Crippen LogP contribution in [-0.4, -0.2) is 74.0 Å². The van der Waals surface area contributed by atoms with Crippen LogP contribution in [0, 0.1) is 12.8 Å². The van der Waals surface area contributed by atoms with Gasteiger partial charge in [-0.05, 0) is 32.6 Å². The van der Waals surface area contributed by atoms with E-state index in [1.54, 1.807) is 9.80 Å². The van der Waals surface area contributed by atoms with Crippen molar-refractivity contribution in [1.82, 2.24) is 24.8 Å². The van der Waals surface area contributed by atoms with Gasteiger partial charge in [-0.15, -0.1) is 5.10 Å². The van der Waals surface area contributed by atoms with Gasteiger partial charge in [0, 0.05) is 32.7 Å². The van der Waals surface area contributed by atoms with E-state index in [1.807, 2.05) is 11.6 Å². The minimum Gasteiger partial charge on any atom is -0.384 e. The molecule has 1 aliphatic carbocycles. The molecule has 0 spiro atoms. The van der Waals surface area contributed by atoms with Crippen LogP contribution in [0.4, 0.5) is 0 Å². The monoisotopic (exact) mass is 349 g/mol. The maximum atomic E-state index is 12.7. The molecule has 1 N–H and O–H groups in total. The summed E-state index contributed by atoms with van der Waals surface area (Å²) in [6, 6.07) is 0. The highest BCUT2D eigenvalue weighted by Gasteiger charge is 2.29. The molecule has 1 aromatic heterocycles. The van der Waals surface area contributed by atoms with Gasteiger partial charge in [-0.3, -0.25) is 9.59 Å². The first-order valence-corrected chi connectivity index (χ1v) is 9.13. The highest BCUT2D eigenvalue weighted by molar-refractivity contribution is 5.93. The third kappa shape index (κ3) is 3.84. The van der Waals surface area contributed by atoms with Crippen LogP contribution in [0.2, 0.25) is 0 Å². The zero-order valence-corrected chi connectivity index (χ0v) is 15.0. The van der Waals surface area contributed by atoms with Crippen molar-refractivity contribution in [2.75, 3.05) is 26.2 Å². The largest absolute Gasteiger partial charge is 0.384 e. The van der Waals surface area contributed by atoms with Gasteiger partial charge in [-0.25, -0.2) is 4.68 Å². The lowest BCUT2D eigenvalue weighted by Gasteiger charge is -2.35. The van der Waals surface area contributed by atoms with E-state index in [4.69, 9.17) is 0 Å². The van der Waals surface area contributed by atoms with Crippen LogP contribution in [-0.2, 0) is 11.3 Å². The first-order valence-electron chi connectivity index (χ1n) is 9.13. The number of aliphatic hydroxyl groups excluding tert-OH is 1. The first kappa shape index (κ1) is 17.8. The smallest absolute Gasteiger partial charge is 0.276 e. The van der Waals surface area contributed by atoms with Crippen LogP contribution in [0.1, 0.15) is 48.8 Å². The van der Waals surface area contributed by atoms with Gasteiger partial charge in [0.2, 0.25) is 0 Å². The predicted octanol–water partition coefficient (Wildman–Crippen LogP) is 0.442. The molecule has 1 saturated carbocycles. The fourth-order valence-electron chi connectivity index (χ4n) is 3.71. The Morgan fingerprint density at radius 2 is 1.76 bits per heavy atom. The standard InChI is InChI=1S/C17H27N5O3/c1-12-15(18-19-22(12)11-14-5-3-4-6-14)17(25)21-9-7-20(8-10-21)16(24)13(2)23/h13-14,23H,3-11H2,1-2H3. The second-order valence-electron chi connectivity index (χ2n) is 7.15. The van der Waals surface area contributed by atoms with Crippen LogP contribution >= 0.6 is 0 Å². The van der Waals surface area contributed by atoms with Crippen molar-refractivity contribution in [1.29, 1.82) is 0 Å². The zero-order chi connectivity index (χ0) is 18.0. The molecule has 0 bridgehead atoms. The molecule has 8 heteroatoms. The first-order chi connectivity index (χ1) is 12.0. The zero-order valence-electron chi connectivity index (χ0n) is 15.0. The van der Waals surface area contributed by atoms with Gasteiger partial charge in [0.1, 0.15) is 6.10 Å². The number of carbonyl (C=O) groups is 2. The summed E-state index contributed by atoms with van der Waals surface area (Å²) in [5.74, 6) is 0.225. The third-order valence-corrected chi connectivity index (χ3v) is 5.33. The van der Waals surface area contributed by atoms with E-state index in [-0.39, 0.29) is 11.8 Å². The number of aromatic nitrogens is 3. The molecule has 1 atom stereocenters. The number of amides is 2. The molecule has 2 aliphatic rings. The Hall–Kier alpha value is -1.96. The molecular formula is C17H27N5O3. The Morgan fingerprint density at radius 1 is 1.16 bits per heavy atom. The SMILES string of the molecule is Cc1c(C(=O)N2CCN(C(=O)C(C)O)CC2)nnn1CC1CCCC1. The molecular weight excluding hydrogens is 322 g/mol. The normalized spacial score (nSPS) is 20.1. The summed E-state index contributed by atoms with van der Waals surface area (Å²) in [6.45, 7) is 5.97. The van der Waals surface area contributed by atoms with Crippen molar-refractivity contribution in [2.45, 2.75) is 52.2 Å². The lowest BCUT2D eigenvalue weighted by atomic mass is 10.1. The molecule has 25 heavy (non-hydrogen) atoms. The number of nitrogens with zero attached hydrogens (tertiary/aromatic N) is 5. The van der Waals surface area contributed by atoms with E-state index in [2.05, 4.69) is 10.3 Å². The minimum atomic E-state index is -1.00. The van der Waals surface area contributed by atoms with E-state index < -0.39 is 6.10 Å². The minimum absolute atomic E-state index is 0.126. The lowest BCUT2D eigenvalue weighted by molar-refractivity contribution is -0.140. The van der Waals surface area contributed by atoms with E-state index in [0.717, 1.165) is 12.2 Å². The highest BCUT2D eigenvalue weighted by Crippen LogP contribution is 2.26. The van der Waals surface area contributed by atoms with Crippen LogP contribution in [0.15, 0.2) is 0 Å². The van der Waals surface area contributed by atoms with Gasteiger partial charge in [-0.1, -0.05) is 18.1 Å². The molecule has 2 fully saturated rings. The van der Waals surface area contributed by atoms with E-state index in [9.17, 15) is 14.7 Å². The van der Waals surface area contributed by atoms with Crippen molar-refractivity contribution in [2.24, 2.45) is 5.92 Å². The third-order valence-electron chi connectivity index (χ3n) is 5.33. The van der Waals surface area contributed by atoms with Crippen LogP contribution in [0.25, 0.3) is 0 Å². The molecule has 2 heterocycles. The van der Waals surface area contributed by atoms with Crippen LogP contribution in [0.3, 0.4) is 0 Å². The number of carbonyl (C=O) groups excluding carboxylic acids is 2. The van der Waals surface area contributed by atoms with Crippen molar-refractivity contribution >= 4 is 11.8 Å². The van der Waals surface area contributed by atoms with Gasteiger partial charge in [0.15, 0.2) is 5.69 Å². The van der Waals surface area contributed by atoms with Gasteiger partial charge < -0.3 is 14.9 Å². The molecule has 1 aromatic rings. The molecule has 0 aromatic carbocycles. The summed E-state index contributed by atoms with van der Waals surface area (Å²) < 4.78 is 1.86. The maximum absolute atomic E-state index is 12.7. The second kappa shape index (κ2) is 7.51. The average Bonchev–Trinajstić information content (AvgIpc) is 3.25. The Kier molecular flexibility index (Phi) is 5.36. The molecule has 3 rings (SSSR count). The van der Waals surface area contributed by atoms with Gasteiger partial charge in [0.25, 0.3) is 11.8 Å². The molecule has 8 nitrogen and oxygen atoms in total. The summed E-state index contributed by atoms with van der Waals surface area (Å²) in [5.41, 5.74) is 1.23. The summed E-state index contributed by atoms with van der Waals surface area (Å²) in [4.78, 5) is 27.9. The Bertz CT molecular complexity index is 628. The Balaban J connectivity index is 1.60. The maximum Gasteiger partial charge on any atom is 0.276 e. The van der Waals surface area contributed by atoms with Gasteiger partial charge >= 0.3 is 0 Å². The number of piperazine rings is 1. The van der Waals surface area contributed by atoms with Crippen molar-refractivity contribution < 1.29 is 14.7 Å². The molecule has 138 valence electrons. The fourth-order valence-corrected chi connectivity index (χ4v) is 3.71. The molecule has 0 radical (unpaired) electrons. The lowest BCUT2D eigenvalue weighted by Crippen LogP contribution is -2.52. The molecule has 1 unspecified atom stereocenters. The van der Waals surface area contributed by atoms with E-state index in [1.165, 1.54) is 32.6 Å². The van der Waals surface area contributed by atoms with Crippen molar-refractivity contribution in [3.05, 3.63) is 11.4 Å². The molecule has 1 aliphatic heterocycles. The number of aliphatic hydroxyl groups is 1. The predicted molar refractivity (Wildman–Crippen MR) is 90.9 cm³/mol. The Labute approximate surface area is 147 Å². The molecule has 2 amide bonds. The van der Waals surface area contributed by atoms with Gasteiger partial charge in [-0.2, -0.15) is 0 Å².